The van der Waals surface area contributed by atoms with E-state index in [-0.39, 0.29) is 11.2 Å². The van der Waals surface area contributed by atoms with Crippen LogP contribution in [-0.4, -0.2) is 36.4 Å². The van der Waals surface area contributed by atoms with E-state index < -0.39 is 7.12 Å². The zero-order valence-corrected chi connectivity index (χ0v) is 13.0. The van der Waals surface area contributed by atoms with E-state index in [1.165, 1.54) is 0 Å². The number of anilines is 1. The van der Waals surface area contributed by atoms with Gasteiger partial charge in [-0.15, -0.1) is 0 Å². The van der Waals surface area contributed by atoms with Gasteiger partial charge >= 0.3 is 7.12 Å². The van der Waals surface area contributed by atoms with Crippen LogP contribution >= 0.6 is 0 Å². The molecule has 0 spiro atoms. The van der Waals surface area contributed by atoms with E-state index in [4.69, 9.17) is 9.31 Å². The van der Waals surface area contributed by atoms with E-state index in [2.05, 4.69) is 16.0 Å². The average Bonchev–Trinajstić information content (AvgIpc) is 2.57. The summed E-state index contributed by atoms with van der Waals surface area (Å²) in [7, 11) is -0.472. The fourth-order valence-electron chi connectivity index (χ4n) is 2.44. The van der Waals surface area contributed by atoms with Gasteiger partial charge in [0.05, 0.1) is 16.8 Å². The van der Waals surface area contributed by atoms with Crippen LogP contribution in [0.4, 0.5) is 5.82 Å². The van der Waals surface area contributed by atoms with Crippen molar-refractivity contribution in [1.29, 1.82) is 5.26 Å². The SMILES string of the molecule is CC1(C)OB(c2cnc(N3CCC3)c(C#N)c2)OC1(C)C. The molecule has 110 valence electrons. The second-order valence-corrected chi connectivity index (χ2v) is 6.68. The summed E-state index contributed by atoms with van der Waals surface area (Å²) in [6, 6.07) is 4.07. The molecule has 21 heavy (non-hydrogen) atoms. The van der Waals surface area contributed by atoms with E-state index in [1.807, 2.05) is 33.8 Å². The zero-order chi connectivity index (χ0) is 15.3. The van der Waals surface area contributed by atoms with Crippen molar-refractivity contribution in [3.8, 4) is 6.07 Å². The minimum Gasteiger partial charge on any atom is -0.399 e. The number of nitriles is 1. The van der Waals surface area contributed by atoms with Gasteiger partial charge in [0.25, 0.3) is 0 Å². The topological polar surface area (TPSA) is 58.4 Å². The molecule has 1 aromatic heterocycles. The normalized spacial score (nSPS) is 22.8. The standard InChI is InChI=1S/C15H20BN3O2/c1-14(2)15(3,4)21-16(20-14)12-8-11(9-17)13(18-10-12)19-6-5-7-19/h8,10H,5-7H2,1-4H3. The molecule has 0 radical (unpaired) electrons. The molecule has 2 saturated heterocycles. The first-order valence-electron chi connectivity index (χ1n) is 7.35. The van der Waals surface area contributed by atoms with Crippen LogP contribution in [0.2, 0.25) is 0 Å². The molecular formula is C15H20BN3O2. The van der Waals surface area contributed by atoms with Crippen molar-refractivity contribution in [2.75, 3.05) is 18.0 Å². The highest BCUT2D eigenvalue weighted by Crippen LogP contribution is 2.36. The third-order valence-electron chi connectivity index (χ3n) is 4.69. The van der Waals surface area contributed by atoms with E-state index in [9.17, 15) is 5.26 Å². The molecule has 0 atom stereocenters. The molecule has 0 amide bonds. The Kier molecular flexibility index (Phi) is 3.23. The highest BCUT2D eigenvalue weighted by molar-refractivity contribution is 6.62. The summed E-state index contributed by atoms with van der Waals surface area (Å²) < 4.78 is 12.0. The van der Waals surface area contributed by atoms with Crippen molar-refractivity contribution in [3.63, 3.8) is 0 Å². The average molecular weight is 285 g/mol. The fraction of sp³-hybridized carbons (Fsp3) is 0.600. The van der Waals surface area contributed by atoms with E-state index in [0.29, 0.717) is 5.56 Å². The molecule has 5 nitrogen and oxygen atoms in total. The van der Waals surface area contributed by atoms with Gasteiger partial charge in [0, 0.05) is 24.7 Å². The third-order valence-corrected chi connectivity index (χ3v) is 4.69. The van der Waals surface area contributed by atoms with Gasteiger partial charge in [-0.25, -0.2) is 4.98 Å². The van der Waals surface area contributed by atoms with Crippen molar-refractivity contribution >= 4 is 18.4 Å². The first kappa shape index (κ1) is 14.4. The Bertz CT molecular complexity index is 589. The lowest BCUT2D eigenvalue weighted by Gasteiger charge is -2.32. The smallest absolute Gasteiger partial charge is 0.399 e. The predicted octanol–water partition coefficient (Wildman–Crippen LogP) is 1.46. The van der Waals surface area contributed by atoms with Crippen molar-refractivity contribution in [2.24, 2.45) is 0 Å². The highest BCUT2D eigenvalue weighted by Gasteiger charge is 2.51. The molecule has 2 fully saturated rings. The second kappa shape index (κ2) is 4.72. The van der Waals surface area contributed by atoms with Gasteiger partial charge in [0.1, 0.15) is 11.9 Å². The monoisotopic (exact) mass is 285 g/mol. The number of hydrogen-bond acceptors (Lipinski definition) is 5. The van der Waals surface area contributed by atoms with Crippen LogP contribution in [0.1, 0.15) is 39.7 Å². The van der Waals surface area contributed by atoms with Crippen molar-refractivity contribution < 1.29 is 9.31 Å². The minimum absolute atomic E-state index is 0.388. The lowest BCUT2D eigenvalue weighted by Crippen LogP contribution is -2.41. The Balaban J connectivity index is 1.89. The predicted molar refractivity (Wildman–Crippen MR) is 81.5 cm³/mol. The van der Waals surface area contributed by atoms with Crippen molar-refractivity contribution in [2.45, 2.75) is 45.3 Å². The van der Waals surface area contributed by atoms with Crippen LogP contribution in [-0.2, 0) is 9.31 Å². The molecular weight excluding hydrogens is 265 g/mol. The fourth-order valence-corrected chi connectivity index (χ4v) is 2.44. The van der Waals surface area contributed by atoms with Crippen LogP contribution < -0.4 is 10.4 Å². The minimum atomic E-state index is -0.472. The molecule has 0 aromatic carbocycles. The maximum absolute atomic E-state index is 9.36. The first-order chi connectivity index (χ1) is 9.84. The molecule has 6 heteroatoms. The summed E-state index contributed by atoms with van der Waals surface area (Å²) in [6.45, 7) is 10.00. The van der Waals surface area contributed by atoms with Gasteiger partial charge in [0.15, 0.2) is 0 Å². The molecule has 0 saturated carbocycles. The van der Waals surface area contributed by atoms with Gasteiger partial charge in [-0.2, -0.15) is 5.26 Å². The summed E-state index contributed by atoms with van der Waals surface area (Å²) in [5.41, 5.74) is 0.609. The van der Waals surface area contributed by atoms with Crippen molar-refractivity contribution in [1.82, 2.24) is 4.98 Å². The Labute approximate surface area is 126 Å². The Morgan fingerprint density at radius 1 is 1.24 bits per heavy atom. The third kappa shape index (κ3) is 2.31. The summed E-state index contributed by atoms with van der Waals surface area (Å²) in [6.07, 6.45) is 2.92. The quantitative estimate of drug-likeness (QED) is 0.770. The largest absolute Gasteiger partial charge is 0.496 e. The van der Waals surface area contributed by atoms with Gasteiger partial charge in [-0.05, 0) is 40.2 Å². The molecule has 3 rings (SSSR count). The lowest BCUT2D eigenvalue weighted by atomic mass is 9.79. The van der Waals surface area contributed by atoms with Gasteiger partial charge < -0.3 is 14.2 Å². The Hall–Kier alpha value is -1.58. The molecule has 0 aliphatic carbocycles. The Morgan fingerprint density at radius 2 is 1.86 bits per heavy atom. The van der Waals surface area contributed by atoms with Gasteiger partial charge in [-0.1, -0.05) is 0 Å². The van der Waals surface area contributed by atoms with Crippen molar-refractivity contribution in [3.05, 3.63) is 17.8 Å². The molecule has 0 N–H and O–H groups in total. The molecule has 0 bridgehead atoms. The molecule has 1 aromatic rings. The van der Waals surface area contributed by atoms with E-state index >= 15 is 0 Å². The highest BCUT2D eigenvalue weighted by atomic mass is 16.7. The number of rotatable bonds is 2. The molecule has 2 aliphatic heterocycles. The van der Waals surface area contributed by atoms with Crippen LogP contribution in [0.25, 0.3) is 0 Å². The Morgan fingerprint density at radius 3 is 2.33 bits per heavy atom. The summed E-state index contributed by atoms with van der Waals surface area (Å²) in [5, 5.41) is 9.36. The first-order valence-corrected chi connectivity index (χ1v) is 7.35. The number of hydrogen-bond donors (Lipinski definition) is 0. The second-order valence-electron chi connectivity index (χ2n) is 6.68. The van der Waals surface area contributed by atoms with E-state index in [0.717, 1.165) is 30.8 Å². The lowest BCUT2D eigenvalue weighted by molar-refractivity contribution is 0.00578. The van der Waals surface area contributed by atoms with Gasteiger partial charge in [0.2, 0.25) is 0 Å². The molecule has 0 unspecified atom stereocenters. The maximum atomic E-state index is 9.36. The molecule has 2 aliphatic rings. The zero-order valence-electron chi connectivity index (χ0n) is 13.0. The van der Waals surface area contributed by atoms with Crippen LogP contribution in [0.15, 0.2) is 12.3 Å². The summed E-state index contributed by atoms with van der Waals surface area (Å²) in [4.78, 5) is 6.57. The summed E-state index contributed by atoms with van der Waals surface area (Å²) >= 11 is 0. The van der Waals surface area contributed by atoms with Crippen LogP contribution in [0.5, 0.6) is 0 Å². The number of nitrogens with zero attached hydrogens (tertiary/aromatic N) is 3. The summed E-state index contributed by atoms with van der Waals surface area (Å²) in [5.74, 6) is 0.768. The maximum Gasteiger partial charge on any atom is 0.496 e. The van der Waals surface area contributed by atoms with E-state index in [1.54, 1.807) is 6.20 Å². The van der Waals surface area contributed by atoms with Crippen LogP contribution in [0.3, 0.4) is 0 Å². The number of pyridine rings is 1. The number of aromatic nitrogens is 1. The molecule has 3 heterocycles. The van der Waals surface area contributed by atoms with Gasteiger partial charge in [-0.3, -0.25) is 0 Å². The van der Waals surface area contributed by atoms with Crippen LogP contribution in [0, 0.1) is 11.3 Å².